The lowest BCUT2D eigenvalue weighted by molar-refractivity contribution is -0.142. The van der Waals surface area contributed by atoms with Crippen molar-refractivity contribution in [3.8, 4) is 0 Å². The van der Waals surface area contributed by atoms with Gasteiger partial charge in [0.2, 0.25) is 11.8 Å². The van der Waals surface area contributed by atoms with Crippen LogP contribution < -0.4 is 0 Å². The maximum absolute atomic E-state index is 13.3. The van der Waals surface area contributed by atoms with Crippen LogP contribution in [-0.2, 0) is 9.59 Å². The van der Waals surface area contributed by atoms with Crippen molar-refractivity contribution < 1.29 is 9.59 Å². The molecule has 4 fully saturated rings. The van der Waals surface area contributed by atoms with Crippen molar-refractivity contribution in [1.29, 1.82) is 0 Å². The minimum absolute atomic E-state index is 0.122. The van der Waals surface area contributed by atoms with Crippen LogP contribution in [0.1, 0.15) is 84.0 Å². The van der Waals surface area contributed by atoms with Crippen molar-refractivity contribution >= 4 is 11.8 Å². The van der Waals surface area contributed by atoms with Gasteiger partial charge in [0.25, 0.3) is 0 Å². The number of hydrogen-bond donors (Lipinski definition) is 0. The SMILES string of the molecule is CC1(C(=O)N2CC(CCC(=O)N3CCCC3)C3(CCC3)C2)CCCCC1. The molecule has 0 N–H and O–H groups in total. The Balaban J connectivity index is 1.38. The van der Waals surface area contributed by atoms with Crippen molar-refractivity contribution in [2.45, 2.75) is 84.0 Å². The molecule has 2 heterocycles. The Bertz CT molecular complexity index is 542. The highest BCUT2D eigenvalue weighted by Crippen LogP contribution is 2.54. The lowest BCUT2D eigenvalue weighted by Gasteiger charge is -2.43. The Hall–Kier alpha value is -1.06. The molecule has 2 aliphatic carbocycles. The Morgan fingerprint density at radius 2 is 1.58 bits per heavy atom. The minimum Gasteiger partial charge on any atom is -0.343 e. The molecule has 26 heavy (non-hydrogen) atoms. The molecule has 146 valence electrons. The molecule has 1 atom stereocenters. The second-order valence-electron chi connectivity index (χ2n) is 9.85. The van der Waals surface area contributed by atoms with E-state index >= 15 is 0 Å². The van der Waals surface area contributed by atoms with Crippen LogP contribution in [0.5, 0.6) is 0 Å². The molecule has 2 saturated carbocycles. The predicted molar refractivity (Wildman–Crippen MR) is 103 cm³/mol. The summed E-state index contributed by atoms with van der Waals surface area (Å²) < 4.78 is 0. The molecule has 0 aromatic heterocycles. The summed E-state index contributed by atoms with van der Waals surface area (Å²) >= 11 is 0. The molecule has 0 aromatic carbocycles. The van der Waals surface area contributed by atoms with Crippen LogP contribution in [0, 0.1) is 16.7 Å². The second kappa shape index (κ2) is 7.16. The third kappa shape index (κ3) is 3.29. The standard InChI is InChI=1S/C22H36N2O2/c1-21(10-3-2-4-11-21)20(26)24-16-18(22(17-24)12-7-13-22)8-9-19(25)23-14-5-6-15-23/h18H,2-17H2,1H3. The molecule has 2 saturated heterocycles. The van der Waals surface area contributed by atoms with Crippen molar-refractivity contribution in [2.75, 3.05) is 26.2 Å². The average Bonchev–Trinajstić information content (AvgIpc) is 3.27. The van der Waals surface area contributed by atoms with Crippen molar-refractivity contribution in [1.82, 2.24) is 9.80 Å². The number of carbonyl (C=O) groups is 2. The summed E-state index contributed by atoms with van der Waals surface area (Å²) in [6.45, 7) is 5.98. The fourth-order valence-corrected chi connectivity index (χ4v) is 6.13. The molecule has 4 aliphatic rings. The van der Waals surface area contributed by atoms with Gasteiger partial charge in [0, 0.05) is 38.0 Å². The van der Waals surface area contributed by atoms with Crippen LogP contribution in [0.4, 0.5) is 0 Å². The third-order valence-electron chi connectivity index (χ3n) is 8.09. The zero-order valence-electron chi connectivity index (χ0n) is 16.6. The van der Waals surface area contributed by atoms with Crippen LogP contribution in [0.3, 0.4) is 0 Å². The minimum atomic E-state index is -0.122. The topological polar surface area (TPSA) is 40.6 Å². The predicted octanol–water partition coefficient (Wildman–Crippen LogP) is 3.99. The van der Waals surface area contributed by atoms with E-state index in [9.17, 15) is 9.59 Å². The number of amides is 2. The van der Waals surface area contributed by atoms with Gasteiger partial charge in [-0.25, -0.2) is 0 Å². The summed E-state index contributed by atoms with van der Waals surface area (Å²) in [5.74, 6) is 1.30. The van der Waals surface area contributed by atoms with Crippen molar-refractivity contribution in [3.63, 3.8) is 0 Å². The molecular weight excluding hydrogens is 324 g/mol. The van der Waals surface area contributed by atoms with E-state index in [4.69, 9.17) is 0 Å². The lowest BCUT2D eigenvalue weighted by Crippen LogP contribution is -2.44. The molecule has 0 radical (unpaired) electrons. The number of hydrogen-bond acceptors (Lipinski definition) is 2. The van der Waals surface area contributed by atoms with Gasteiger partial charge in [-0.1, -0.05) is 32.6 Å². The van der Waals surface area contributed by atoms with Gasteiger partial charge >= 0.3 is 0 Å². The van der Waals surface area contributed by atoms with E-state index < -0.39 is 0 Å². The molecule has 4 rings (SSSR count). The molecule has 1 unspecified atom stereocenters. The summed E-state index contributed by atoms with van der Waals surface area (Å²) in [4.78, 5) is 30.0. The monoisotopic (exact) mass is 360 g/mol. The zero-order valence-corrected chi connectivity index (χ0v) is 16.6. The number of likely N-dealkylation sites (tertiary alicyclic amines) is 2. The molecular formula is C22H36N2O2. The lowest BCUT2D eigenvalue weighted by atomic mass is 9.62. The quantitative estimate of drug-likeness (QED) is 0.760. The molecule has 4 heteroatoms. The smallest absolute Gasteiger partial charge is 0.228 e. The highest BCUT2D eigenvalue weighted by Gasteiger charge is 2.53. The maximum atomic E-state index is 13.3. The van der Waals surface area contributed by atoms with Crippen LogP contribution in [0.25, 0.3) is 0 Å². The first-order chi connectivity index (χ1) is 12.5. The van der Waals surface area contributed by atoms with Gasteiger partial charge in [-0.3, -0.25) is 9.59 Å². The normalized spacial score (nSPS) is 29.8. The maximum Gasteiger partial charge on any atom is 0.228 e. The van der Waals surface area contributed by atoms with Gasteiger partial charge in [0.15, 0.2) is 0 Å². The van der Waals surface area contributed by atoms with Gasteiger partial charge < -0.3 is 9.80 Å². The first-order valence-electron chi connectivity index (χ1n) is 11.1. The number of carbonyl (C=O) groups excluding carboxylic acids is 2. The average molecular weight is 361 g/mol. The fraction of sp³-hybridized carbons (Fsp3) is 0.909. The van der Waals surface area contributed by atoms with E-state index in [1.54, 1.807) is 0 Å². The summed E-state index contributed by atoms with van der Waals surface area (Å²) in [6.07, 6.45) is 13.6. The Kier molecular flexibility index (Phi) is 5.04. The van der Waals surface area contributed by atoms with E-state index in [0.29, 0.717) is 29.6 Å². The van der Waals surface area contributed by atoms with E-state index in [1.165, 1.54) is 51.4 Å². The third-order valence-corrected chi connectivity index (χ3v) is 8.09. The fourth-order valence-electron chi connectivity index (χ4n) is 6.13. The van der Waals surface area contributed by atoms with Gasteiger partial charge in [0.1, 0.15) is 0 Å². The van der Waals surface area contributed by atoms with Gasteiger partial charge in [-0.05, 0) is 56.3 Å². The van der Waals surface area contributed by atoms with E-state index in [0.717, 1.165) is 45.4 Å². The molecule has 2 aliphatic heterocycles. The molecule has 2 amide bonds. The van der Waals surface area contributed by atoms with Crippen LogP contribution in [-0.4, -0.2) is 47.8 Å². The highest BCUT2D eigenvalue weighted by molar-refractivity contribution is 5.83. The first-order valence-corrected chi connectivity index (χ1v) is 11.1. The van der Waals surface area contributed by atoms with Crippen LogP contribution in [0.2, 0.25) is 0 Å². The number of nitrogens with zero attached hydrogens (tertiary/aromatic N) is 2. The van der Waals surface area contributed by atoms with Crippen molar-refractivity contribution in [3.05, 3.63) is 0 Å². The Morgan fingerprint density at radius 3 is 2.19 bits per heavy atom. The second-order valence-corrected chi connectivity index (χ2v) is 9.85. The van der Waals surface area contributed by atoms with Gasteiger partial charge in [0.05, 0.1) is 0 Å². The summed E-state index contributed by atoms with van der Waals surface area (Å²) in [6, 6.07) is 0. The van der Waals surface area contributed by atoms with Gasteiger partial charge in [-0.2, -0.15) is 0 Å². The summed E-state index contributed by atoms with van der Waals surface area (Å²) in [5, 5.41) is 0. The summed E-state index contributed by atoms with van der Waals surface area (Å²) in [5.41, 5.74) is 0.218. The number of rotatable bonds is 4. The largest absolute Gasteiger partial charge is 0.343 e. The van der Waals surface area contributed by atoms with Crippen LogP contribution >= 0.6 is 0 Å². The first kappa shape index (κ1) is 18.3. The Morgan fingerprint density at radius 1 is 0.885 bits per heavy atom. The van der Waals surface area contributed by atoms with Gasteiger partial charge in [-0.15, -0.1) is 0 Å². The Labute approximate surface area is 158 Å². The highest BCUT2D eigenvalue weighted by atomic mass is 16.2. The van der Waals surface area contributed by atoms with Crippen molar-refractivity contribution in [2.24, 2.45) is 16.7 Å². The van der Waals surface area contributed by atoms with Crippen LogP contribution in [0.15, 0.2) is 0 Å². The van der Waals surface area contributed by atoms with E-state index in [1.807, 2.05) is 4.90 Å². The zero-order chi connectivity index (χ0) is 18.2. The summed E-state index contributed by atoms with van der Waals surface area (Å²) in [7, 11) is 0. The van der Waals surface area contributed by atoms with E-state index in [-0.39, 0.29) is 5.41 Å². The van der Waals surface area contributed by atoms with E-state index in [2.05, 4.69) is 11.8 Å². The molecule has 1 spiro atoms. The molecule has 4 nitrogen and oxygen atoms in total. The molecule has 0 bridgehead atoms. The molecule has 0 aromatic rings.